The van der Waals surface area contributed by atoms with Gasteiger partial charge in [-0.25, -0.2) is 4.79 Å². The minimum Gasteiger partial charge on any atom is -0.507 e. The number of hydrogen-bond acceptors (Lipinski definition) is 7. The molecule has 1 heterocycles. The predicted molar refractivity (Wildman–Crippen MR) is 105 cm³/mol. The molecule has 0 unspecified atom stereocenters. The second-order valence-corrected chi connectivity index (χ2v) is 6.11. The zero-order valence-corrected chi connectivity index (χ0v) is 15.5. The normalized spacial score (nSPS) is 10.7. The molecule has 0 fully saturated rings. The topological polar surface area (TPSA) is 126 Å². The van der Waals surface area contributed by atoms with Crippen LogP contribution in [0.3, 0.4) is 0 Å². The molecule has 1 aromatic heterocycles. The van der Waals surface area contributed by atoms with Crippen molar-refractivity contribution in [3.63, 3.8) is 0 Å². The highest BCUT2D eigenvalue weighted by atomic mass is 16.5. The van der Waals surface area contributed by atoms with Crippen LogP contribution in [-0.4, -0.2) is 35.0 Å². The average molecular weight is 398 g/mol. The largest absolute Gasteiger partial charge is 0.507 e. The van der Waals surface area contributed by atoms with Gasteiger partial charge in [-0.15, -0.1) is 6.58 Å². The third-order valence-corrected chi connectivity index (χ3v) is 4.22. The van der Waals surface area contributed by atoms with Gasteiger partial charge in [-0.05, 0) is 24.6 Å². The SMILES string of the molecule is C=CCc1c(O)cc2oc(-c3ccc(OC)c(OCC(=O)O)c3)cc(=O)c2c1O. The molecular weight excluding hydrogens is 380 g/mol. The van der Waals surface area contributed by atoms with Crippen LogP contribution in [0, 0.1) is 0 Å². The summed E-state index contributed by atoms with van der Waals surface area (Å²) in [5, 5.41) is 29.3. The lowest BCUT2D eigenvalue weighted by Gasteiger charge is -2.12. The van der Waals surface area contributed by atoms with Crippen LogP contribution in [-0.2, 0) is 11.2 Å². The first-order valence-corrected chi connectivity index (χ1v) is 8.51. The zero-order chi connectivity index (χ0) is 21.1. The quantitative estimate of drug-likeness (QED) is 0.518. The van der Waals surface area contributed by atoms with Crippen molar-refractivity contribution < 1.29 is 34.0 Å². The molecule has 8 heteroatoms. The van der Waals surface area contributed by atoms with Gasteiger partial charge in [0, 0.05) is 23.3 Å². The molecule has 3 aromatic rings. The molecule has 0 saturated carbocycles. The number of methoxy groups -OCH3 is 1. The van der Waals surface area contributed by atoms with Crippen molar-refractivity contribution in [2.45, 2.75) is 6.42 Å². The molecular formula is C21H18O8. The lowest BCUT2D eigenvalue weighted by molar-refractivity contribution is -0.139. The summed E-state index contributed by atoms with van der Waals surface area (Å²) in [7, 11) is 1.41. The summed E-state index contributed by atoms with van der Waals surface area (Å²) < 4.78 is 16.1. The molecule has 0 atom stereocenters. The lowest BCUT2D eigenvalue weighted by atomic mass is 10.0. The Balaban J connectivity index is 2.14. The maximum Gasteiger partial charge on any atom is 0.341 e. The number of phenols is 2. The molecule has 0 aliphatic heterocycles. The standard InChI is InChI=1S/C21H18O8/c1-3-4-12-13(22)8-18-20(21(12)26)14(23)9-16(29-18)11-5-6-15(27-2)17(7-11)28-10-19(24)25/h3,5-9,22,26H,1,4,10H2,2H3,(H,24,25). The van der Waals surface area contributed by atoms with Gasteiger partial charge in [0.15, 0.2) is 23.5 Å². The van der Waals surface area contributed by atoms with Crippen molar-refractivity contribution in [2.75, 3.05) is 13.7 Å². The fourth-order valence-corrected chi connectivity index (χ4v) is 2.90. The summed E-state index contributed by atoms with van der Waals surface area (Å²) in [4.78, 5) is 23.4. The van der Waals surface area contributed by atoms with E-state index in [-0.39, 0.29) is 46.0 Å². The Morgan fingerprint density at radius 2 is 1.97 bits per heavy atom. The molecule has 0 aliphatic rings. The fraction of sp³-hybridized carbons (Fsp3) is 0.143. The monoisotopic (exact) mass is 398 g/mol. The molecule has 0 aliphatic carbocycles. The van der Waals surface area contributed by atoms with Crippen molar-refractivity contribution in [1.82, 2.24) is 0 Å². The second-order valence-electron chi connectivity index (χ2n) is 6.11. The van der Waals surface area contributed by atoms with Crippen LogP contribution in [0.25, 0.3) is 22.3 Å². The maximum absolute atomic E-state index is 12.6. The summed E-state index contributed by atoms with van der Waals surface area (Å²) in [6.45, 7) is 2.99. The first-order valence-electron chi connectivity index (χ1n) is 8.51. The third-order valence-electron chi connectivity index (χ3n) is 4.22. The molecule has 29 heavy (non-hydrogen) atoms. The number of phenolic OH excluding ortho intramolecular Hbond substituents is 2. The third kappa shape index (κ3) is 3.86. The van der Waals surface area contributed by atoms with Gasteiger partial charge in [0.2, 0.25) is 0 Å². The Bertz CT molecular complexity index is 1160. The van der Waals surface area contributed by atoms with Crippen molar-refractivity contribution in [3.05, 3.63) is 58.8 Å². The van der Waals surface area contributed by atoms with Gasteiger partial charge in [-0.1, -0.05) is 6.08 Å². The van der Waals surface area contributed by atoms with E-state index in [0.29, 0.717) is 11.3 Å². The summed E-state index contributed by atoms with van der Waals surface area (Å²) in [6, 6.07) is 7.06. The number of ether oxygens (including phenoxy) is 2. The van der Waals surface area contributed by atoms with Crippen LogP contribution in [0.5, 0.6) is 23.0 Å². The van der Waals surface area contributed by atoms with E-state index >= 15 is 0 Å². The molecule has 0 spiro atoms. The predicted octanol–water partition coefficient (Wildman–Crippen LogP) is 3.07. The summed E-state index contributed by atoms with van der Waals surface area (Å²) in [5.41, 5.74) is 0.0905. The van der Waals surface area contributed by atoms with Gasteiger partial charge in [0.1, 0.15) is 28.2 Å². The second kappa shape index (κ2) is 7.97. The highest BCUT2D eigenvalue weighted by molar-refractivity contribution is 5.88. The minimum absolute atomic E-state index is 0.000801. The number of benzene rings is 2. The van der Waals surface area contributed by atoms with Crippen LogP contribution < -0.4 is 14.9 Å². The Morgan fingerprint density at radius 3 is 2.62 bits per heavy atom. The number of hydrogen-bond donors (Lipinski definition) is 3. The van der Waals surface area contributed by atoms with Gasteiger partial charge in [-0.2, -0.15) is 0 Å². The Hall–Kier alpha value is -3.94. The van der Waals surface area contributed by atoms with Gasteiger partial charge < -0.3 is 29.2 Å². The maximum atomic E-state index is 12.6. The number of fused-ring (bicyclic) bond motifs is 1. The van der Waals surface area contributed by atoms with E-state index in [9.17, 15) is 19.8 Å². The van der Waals surface area contributed by atoms with E-state index in [1.165, 1.54) is 31.4 Å². The molecule has 3 N–H and O–H groups in total. The smallest absolute Gasteiger partial charge is 0.341 e. The molecule has 0 bridgehead atoms. The lowest BCUT2D eigenvalue weighted by Crippen LogP contribution is -2.10. The Labute approximate surface area is 164 Å². The number of carboxylic acid groups (broad SMARTS) is 1. The van der Waals surface area contributed by atoms with Crippen molar-refractivity contribution in [3.8, 4) is 34.3 Å². The zero-order valence-electron chi connectivity index (χ0n) is 15.5. The van der Waals surface area contributed by atoms with Crippen LogP contribution in [0.15, 0.2) is 52.2 Å². The average Bonchev–Trinajstić information content (AvgIpc) is 2.68. The number of allylic oxidation sites excluding steroid dienone is 1. The highest BCUT2D eigenvalue weighted by Gasteiger charge is 2.18. The number of carbonyl (C=O) groups is 1. The molecule has 150 valence electrons. The first-order chi connectivity index (χ1) is 13.8. The van der Waals surface area contributed by atoms with Crippen molar-refractivity contribution in [2.24, 2.45) is 0 Å². The highest BCUT2D eigenvalue weighted by Crippen LogP contribution is 2.37. The Kier molecular flexibility index (Phi) is 5.45. The van der Waals surface area contributed by atoms with Crippen molar-refractivity contribution >= 4 is 16.9 Å². The summed E-state index contributed by atoms with van der Waals surface area (Å²) in [6.07, 6.45) is 1.67. The summed E-state index contributed by atoms with van der Waals surface area (Å²) in [5.74, 6) is -1.14. The van der Waals surface area contributed by atoms with Gasteiger partial charge in [0.25, 0.3) is 0 Å². The van der Waals surface area contributed by atoms with Crippen LogP contribution in [0.4, 0.5) is 0 Å². The summed E-state index contributed by atoms with van der Waals surface area (Å²) >= 11 is 0. The van der Waals surface area contributed by atoms with Crippen LogP contribution >= 0.6 is 0 Å². The molecule has 0 amide bonds. The van der Waals surface area contributed by atoms with E-state index < -0.39 is 18.0 Å². The van der Waals surface area contributed by atoms with Gasteiger partial charge >= 0.3 is 5.97 Å². The van der Waals surface area contributed by atoms with E-state index in [1.807, 2.05) is 0 Å². The molecule has 0 saturated heterocycles. The Morgan fingerprint density at radius 1 is 1.21 bits per heavy atom. The minimum atomic E-state index is -1.16. The van der Waals surface area contributed by atoms with E-state index in [0.717, 1.165) is 0 Å². The fourth-order valence-electron chi connectivity index (χ4n) is 2.90. The number of aliphatic carboxylic acids is 1. The van der Waals surface area contributed by atoms with Crippen LogP contribution in [0.2, 0.25) is 0 Å². The van der Waals surface area contributed by atoms with E-state index in [1.54, 1.807) is 12.1 Å². The van der Waals surface area contributed by atoms with Crippen LogP contribution in [0.1, 0.15) is 5.56 Å². The number of aromatic hydroxyl groups is 2. The van der Waals surface area contributed by atoms with E-state index in [4.69, 9.17) is 19.0 Å². The van der Waals surface area contributed by atoms with Gasteiger partial charge in [0.05, 0.1) is 7.11 Å². The number of carboxylic acids is 1. The van der Waals surface area contributed by atoms with E-state index in [2.05, 4.69) is 6.58 Å². The first kappa shape index (κ1) is 19.8. The number of rotatable bonds is 7. The molecule has 3 rings (SSSR count). The molecule has 8 nitrogen and oxygen atoms in total. The van der Waals surface area contributed by atoms with Crippen molar-refractivity contribution in [1.29, 1.82) is 0 Å². The van der Waals surface area contributed by atoms with Gasteiger partial charge in [-0.3, -0.25) is 4.79 Å². The molecule has 0 radical (unpaired) electrons. The molecule has 2 aromatic carbocycles.